The Balaban J connectivity index is 1.93. The fourth-order valence-corrected chi connectivity index (χ4v) is 1.70. The molecule has 2 rings (SSSR count). The van der Waals surface area contributed by atoms with Gasteiger partial charge in [-0.05, 0) is 18.2 Å². The monoisotopic (exact) mass is 287 g/mol. The molecule has 108 valence electrons. The molecule has 21 heavy (non-hydrogen) atoms. The van der Waals surface area contributed by atoms with E-state index in [2.05, 4.69) is 22.1 Å². The van der Waals surface area contributed by atoms with Crippen LogP contribution in [0, 0.1) is 17.7 Å². The molecular weight excluding hydrogens is 273 g/mol. The van der Waals surface area contributed by atoms with Gasteiger partial charge in [-0.3, -0.25) is 4.79 Å². The zero-order valence-corrected chi connectivity index (χ0v) is 11.2. The van der Waals surface area contributed by atoms with Crippen LogP contribution in [0.3, 0.4) is 0 Å². The molecule has 1 aromatic carbocycles. The Morgan fingerprint density at radius 1 is 1.48 bits per heavy atom. The second kappa shape index (κ2) is 7.22. The molecule has 0 spiro atoms. The van der Waals surface area contributed by atoms with Gasteiger partial charge in [0.1, 0.15) is 12.4 Å². The number of aryl methyl sites for hydroxylation is 1. The molecule has 0 unspecified atom stereocenters. The van der Waals surface area contributed by atoms with Crippen molar-refractivity contribution in [1.82, 2.24) is 9.55 Å². The van der Waals surface area contributed by atoms with Gasteiger partial charge >= 0.3 is 0 Å². The van der Waals surface area contributed by atoms with Crippen molar-refractivity contribution in [2.75, 3.05) is 11.9 Å². The summed E-state index contributed by atoms with van der Waals surface area (Å²) in [7, 11) is 0. The standard InChI is InChI=1S/C15H14FN3O2/c16-14-10-13(4-3-12(14)2-1-9-20)18-15(21)5-7-19-8-6-17-11-19/h3-4,6,8,10-11,20H,5,7,9H2,(H,18,21). The Kier molecular flexibility index (Phi) is 5.07. The third-order valence-electron chi connectivity index (χ3n) is 2.71. The molecule has 0 atom stereocenters. The number of aliphatic hydroxyl groups excluding tert-OH is 1. The summed E-state index contributed by atoms with van der Waals surface area (Å²) in [6, 6.07) is 4.24. The zero-order valence-electron chi connectivity index (χ0n) is 11.2. The van der Waals surface area contributed by atoms with E-state index in [0.29, 0.717) is 12.2 Å². The summed E-state index contributed by atoms with van der Waals surface area (Å²) in [5, 5.41) is 11.2. The topological polar surface area (TPSA) is 67.2 Å². The highest BCUT2D eigenvalue weighted by molar-refractivity contribution is 5.90. The van der Waals surface area contributed by atoms with Crippen molar-refractivity contribution in [2.24, 2.45) is 0 Å². The number of benzene rings is 1. The first-order valence-electron chi connectivity index (χ1n) is 6.34. The lowest BCUT2D eigenvalue weighted by Crippen LogP contribution is -2.14. The Hall–Kier alpha value is -2.65. The smallest absolute Gasteiger partial charge is 0.226 e. The molecule has 1 amide bonds. The van der Waals surface area contributed by atoms with E-state index in [-0.39, 0.29) is 24.5 Å². The maximum Gasteiger partial charge on any atom is 0.226 e. The molecule has 0 saturated carbocycles. The largest absolute Gasteiger partial charge is 0.384 e. The highest BCUT2D eigenvalue weighted by atomic mass is 19.1. The third-order valence-corrected chi connectivity index (χ3v) is 2.71. The Morgan fingerprint density at radius 3 is 3.00 bits per heavy atom. The number of halogens is 1. The maximum atomic E-state index is 13.7. The minimum atomic E-state index is -0.539. The quantitative estimate of drug-likeness (QED) is 0.835. The van der Waals surface area contributed by atoms with Gasteiger partial charge in [-0.1, -0.05) is 11.8 Å². The Labute approximate surface area is 121 Å². The van der Waals surface area contributed by atoms with E-state index >= 15 is 0 Å². The van der Waals surface area contributed by atoms with Gasteiger partial charge in [-0.15, -0.1) is 0 Å². The van der Waals surface area contributed by atoms with Crippen LogP contribution in [0.4, 0.5) is 10.1 Å². The molecule has 0 bridgehead atoms. The second-order valence-electron chi connectivity index (χ2n) is 4.25. The number of rotatable bonds is 4. The van der Waals surface area contributed by atoms with Crippen LogP contribution in [0.25, 0.3) is 0 Å². The summed E-state index contributed by atoms with van der Waals surface area (Å²) in [5.74, 6) is 4.11. The molecule has 5 nitrogen and oxygen atoms in total. The molecule has 0 aliphatic rings. The SMILES string of the molecule is O=C(CCn1ccnc1)Nc1ccc(C#CCO)c(F)c1. The number of amides is 1. The lowest BCUT2D eigenvalue weighted by atomic mass is 10.2. The number of hydrogen-bond acceptors (Lipinski definition) is 3. The van der Waals surface area contributed by atoms with Gasteiger partial charge in [0, 0.05) is 31.0 Å². The average Bonchev–Trinajstić information content (AvgIpc) is 2.98. The van der Waals surface area contributed by atoms with Gasteiger partial charge < -0.3 is 15.0 Å². The average molecular weight is 287 g/mol. The highest BCUT2D eigenvalue weighted by Gasteiger charge is 2.05. The third kappa shape index (κ3) is 4.44. The van der Waals surface area contributed by atoms with E-state index in [1.165, 1.54) is 12.1 Å². The van der Waals surface area contributed by atoms with Crippen LogP contribution >= 0.6 is 0 Å². The number of hydrogen-bond donors (Lipinski definition) is 2. The van der Waals surface area contributed by atoms with Gasteiger partial charge in [0.25, 0.3) is 0 Å². The van der Waals surface area contributed by atoms with Crippen molar-refractivity contribution in [3.63, 3.8) is 0 Å². The van der Waals surface area contributed by atoms with E-state index in [1.807, 2.05) is 0 Å². The minimum absolute atomic E-state index is 0.181. The predicted molar refractivity (Wildman–Crippen MR) is 75.8 cm³/mol. The second-order valence-corrected chi connectivity index (χ2v) is 4.25. The van der Waals surface area contributed by atoms with E-state index < -0.39 is 5.82 Å². The van der Waals surface area contributed by atoms with Crippen molar-refractivity contribution in [3.8, 4) is 11.8 Å². The number of carbonyl (C=O) groups is 1. The summed E-state index contributed by atoms with van der Waals surface area (Å²) >= 11 is 0. The Morgan fingerprint density at radius 2 is 2.33 bits per heavy atom. The molecule has 2 aromatic rings. The van der Waals surface area contributed by atoms with Gasteiger partial charge in [-0.2, -0.15) is 0 Å². The number of nitrogens with zero attached hydrogens (tertiary/aromatic N) is 2. The van der Waals surface area contributed by atoms with Crippen LogP contribution in [0.2, 0.25) is 0 Å². The van der Waals surface area contributed by atoms with Crippen molar-refractivity contribution in [1.29, 1.82) is 0 Å². The number of anilines is 1. The van der Waals surface area contributed by atoms with Crippen LogP contribution in [0.15, 0.2) is 36.9 Å². The van der Waals surface area contributed by atoms with E-state index in [9.17, 15) is 9.18 Å². The summed E-state index contributed by atoms with van der Waals surface area (Å²) in [5.41, 5.74) is 0.554. The number of aliphatic hydroxyl groups is 1. The number of aromatic nitrogens is 2. The fraction of sp³-hybridized carbons (Fsp3) is 0.200. The summed E-state index contributed by atoms with van der Waals surface area (Å²) < 4.78 is 15.5. The first-order chi connectivity index (χ1) is 10.2. The van der Waals surface area contributed by atoms with Crippen LogP contribution in [-0.2, 0) is 11.3 Å². The van der Waals surface area contributed by atoms with Crippen molar-refractivity contribution >= 4 is 11.6 Å². The van der Waals surface area contributed by atoms with Gasteiger partial charge in [-0.25, -0.2) is 9.37 Å². The molecular formula is C15H14FN3O2. The van der Waals surface area contributed by atoms with Crippen LogP contribution in [0.1, 0.15) is 12.0 Å². The lowest BCUT2D eigenvalue weighted by Gasteiger charge is -2.06. The summed E-state index contributed by atoms with van der Waals surface area (Å²) in [4.78, 5) is 15.6. The lowest BCUT2D eigenvalue weighted by molar-refractivity contribution is -0.116. The molecule has 1 heterocycles. The predicted octanol–water partition coefficient (Wildman–Crippen LogP) is 1.39. The van der Waals surface area contributed by atoms with E-state index in [0.717, 1.165) is 0 Å². The normalized spacial score (nSPS) is 9.81. The van der Waals surface area contributed by atoms with Gasteiger partial charge in [0.05, 0.1) is 11.9 Å². The van der Waals surface area contributed by atoms with E-state index in [4.69, 9.17) is 5.11 Å². The molecule has 6 heteroatoms. The first kappa shape index (κ1) is 14.8. The van der Waals surface area contributed by atoms with Crippen molar-refractivity contribution in [3.05, 3.63) is 48.3 Å². The molecule has 0 aliphatic carbocycles. The summed E-state index contributed by atoms with van der Waals surface area (Å²) in [6.07, 6.45) is 5.30. The fourth-order valence-electron chi connectivity index (χ4n) is 1.70. The van der Waals surface area contributed by atoms with E-state index in [1.54, 1.807) is 29.4 Å². The summed E-state index contributed by atoms with van der Waals surface area (Å²) in [6.45, 7) is 0.181. The van der Waals surface area contributed by atoms with Gasteiger partial charge in [0.15, 0.2) is 0 Å². The molecule has 0 saturated heterocycles. The number of imidazole rings is 1. The first-order valence-corrected chi connectivity index (χ1v) is 6.34. The molecule has 0 radical (unpaired) electrons. The van der Waals surface area contributed by atoms with Crippen LogP contribution < -0.4 is 5.32 Å². The van der Waals surface area contributed by atoms with Crippen LogP contribution in [0.5, 0.6) is 0 Å². The molecule has 0 aliphatic heterocycles. The molecule has 1 aromatic heterocycles. The van der Waals surface area contributed by atoms with Crippen molar-refractivity contribution < 1.29 is 14.3 Å². The van der Waals surface area contributed by atoms with Crippen LogP contribution in [-0.4, -0.2) is 27.2 Å². The zero-order chi connectivity index (χ0) is 15.1. The molecule has 0 fully saturated rings. The van der Waals surface area contributed by atoms with Gasteiger partial charge in [0.2, 0.25) is 5.91 Å². The minimum Gasteiger partial charge on any atom is -0.384 e. The van der Waals surface area contributed by atoms with Crippen molar-refractivity contribution in [2.45, 2.75) is 13.0 Å². The maximum absolute atomic E-state index is 13.7. The molecule has 2 N–H and O–H groups in total. The Bertz CT molecular complexity index is 672. The number of carbonyl (C=O) groups excluding carboxylic acids is 1. The number of nitrogens with one attached hydrogen (secondary N) is 1. The highest BCUT2D eigenvalue weighted by Crippen LogP contribution is 2.14.